The van der Waals surface area contributed by atoms with Crippen LogP contribution in [0.5, 0.6) is 0 Å². The van der Waals surface area contributed by atoms with Gasteiger partial charge in [0.1, 0.15) is 5.82 Å². The first-order valence-electron chi connectivity index (χ1n) is 6.54. The third-order valence-electron chi connectivity index (χ3n) is 2.65. The molecule has 106 valence electrons. The smallest absolute Gasteiger partial charge is 0.320 e. The van der Waals surface area contributed by atoms with Crippen LogP contribution in [0.3, 0.4) is 0 Å². The molecule has 0 saturated heterocycles. The van der Waals surface area contributed by atoms with Gasteiger partial charge in [0.15, 0.2) is 0 Å². The highest BCUT2D eigenvalue weighted by molar-refractivity contribution is 5.88. The Hall–Kier alpha value is -1.62. The highest BCUT2D eigenvalue weighted by Crippen LogP contribution is 2.09. The van der Waals surface area contributed by atoms with E-state index in [0.29, 0.717) is 11.7 Å². The fraction of sp³-hybridized carbons (Fsp3) is 0.571. The number of nitrogens with one attached hydrogen (secondary N) is 2. The first kappa shape index (κ1) is 15.4. The van der Waals surface area contributed by atoms with Crippen LogP contribution >= 0.6 is 0 Å². The highest BCUT2D eigenvalue weighted by atomic mass is 16.3. The molecule has 2 amide bonds. The van der Waals surface area contributed by atoms with Gasteiger partial charge in [0.05, 0.1) is 12.6 Å². The van der Waals surface area contributed by atoms with Crippen molar-refractivity contribution in [3.8, 4) is 0 Å². The molecule has 19 heavy (non-hydrogen) atoms. The number of aromatic nitrogens is 1. The lowest BCUT2D eigenvalue weighted by molar-refractivity contribution is 0.214. The molecule has 0 fully saturated rings. The molecule has 5 nitrogen and oxygen atoms in total. The van der Waals surface area contributed by atoms with Gasteiger partial charge < -0.3 is 10.4 Å². The lowest BCUT2D eigenvalue weighted by atomic mass is 10.0. The number of aryl methyl sites for hydroxylation is 2. The van der Waals surface area contributed by atoms with Gasteiger partial charge >= 0.3 is 6.03 Å². The quantitative estimate of drug-likeness (QED) is 0.764. The predicted octanol–water partition coefficient (Wildman–Crippen LogP) is 2.23. The van der Waals surface area contributed by atoms with Crippen molar-refractivity contribution in [2.24, 2.45) is 5.92 Å². The molecule has 5 heteroatoms. The minimum absolute atomic E-state index is 0.0636. The summed E-state index contributed by atoms with van der Waals surface area (Å²) in [7, 11) is 0. The first-order valence-corrected chi connectivity index (χ1v) is 6.54. The van der Waals surface area contributed by atoms with E-state index in [1.165, 1.54) is 0 Å². The highest BCUT2D eigenvalue weighted by Gasteiger charge is 2.13. The van der Waals surface area contributed by atoms with Crippen LogP contribution in [0.25, 0.3) is 0 Å². The summed E-state index contributed by atoms with van der Waals surface area (Å²) in [6.07, 6.45) is 0.740. The van der Waals surface area contributed by atoms with Crippen LogP contribution in [0, 0.1) is 19.8 Å². The normalized spacial score (nSPS) is 12.3. The summed E-state index contributed by atoms with van der Waals surface area (Å²) in [5.74, 6) is 0.938. The summed E-state index contributed by atoms with van der Waals surface area (Å²) in [6, 6.07) is 3.18. The van der Waals surface area contributed by atoms with Gasteiger partial charge in [-0.05, 0) is 43.9 Å². The Bertz CT molecular complexity index is 412. The summed E-state index contributed by atoms with van der Waals surface area (Å²) in [4.78, 5) is 16.0. The van der Waals surface area contributed by atoms with Gasteiger partial charge in [-0.25, -0.2) is 9.78 Å². The molecule has 0 bridgehead atoms. The first-order chi connectivity index (χ1) is 8.90. The van der Waals surface area contributed by atoms with Crippen molar-refractivity contribution < 1.29 is 9.90 Å². The molecular weight excluding hydrogens is 242 g/mol. The maximum atomic E-state index is 11.8. The molecule has 1 rings (SSSR count). The van der Waals surface area contributed by atoms with Crippen LogP contribution in [-0.2, 0) is 0 Å². The number of carbonyl (C=O) groups excluding carboxylic acids is 1. The van der Waals surface area contributed by atoms with Crippen molar-refractivity contribution in [1.82, 2.24) is 10.3 Å². The Morgan fingerprint density at radius 3 is 2.58 bits per heavy atom. The second-order valence-corrected chi connectivity index (χ2v) is 5.28. The average Bonchev–Trinajstić information content (AvgIpc) is 2.25. The molecule has 0 aromatic carbocycles. The standard InChI is InChI=1S/C14H23N3O2/c1-9(2)5-12(8-18)16-14(19)17-13-7-10(3)6-11(4)15-13/h6-7,9,12,18H,5,8H2,1-4H3,(H2,15,16,17,19). The van der Waals surface area contributed by atoms with Gasteiger partial charge in [0.2, 0.25) is 0 Å². The zero-order valence-electron chi connectivity index (χ0n) is 12.0. The second kappa shape index (κ2) is 7.09. The van der Waals surface area contributed by atoms with E-state index in [4.69, 9.17) is 0 Å². The fourth-order valence-electron chi connectivity index (χ4n) is 1.99. The van der Waals surface area contributed by atoms with Gasteiger partial charge in [-0.2, -0.15) is 0 Å². The van der Waals surface area contributed by atoms with Crippen molar-refractivity contribution in [2.75, 3.05) is 11.9 Å². The van der Waals surface area contributed by atoms with E-state index in [1.807, 2.05) is 39.8 Å². The van der Waals surface area contributed by atoms with Crippen LogP contribution in [0.4, 0.5) is 10.6 Å². The second-order valence-electron chi connectivity index (χ2n) is 5.28. The minimum atomic E-state index is -0.336. The Morgan fingerprint density at radius 2 is 2.05 bits per heavy atom. The number of rotatable bonds is 5. The summed E-state index contributed by atoms with van der Waals surface area (Å²) in [5.41, 5.74) is 1.90. The zero-order chi connectivity index (χ0) is 14.4. The number of hydrogen-bond acceptors (Lipinski definition) is 3. The number of hydrogen-bond donors (Lipinski definition) is 3. The Balaban J connectivity index is 2.58. The molecule has 1 aromatic heterocycles. The number of urea groups is 1. The van der Waals surface area contributed by atoms with Crippen LogP contribution < -0.4 is 10.6 Å². The molecule has 0 spiro atoms. The fourth-order valence-corrected chi connectivity index (χ4v) is 1.99. The van der Waals surface area contributed by atoms with Gasteiger partial charge in [-0.15, -0.1) is 0 Å². The Kier molecular flexibility index (Phi) is 5.76. The molecule has 1 aromatic rings. The molecule has 1 heterocycles. The van der Waals surface area contributed by atoms with E-state index in [1.54, 1.807) is 0 Å². The molecule has 0 aliphatic heterocycles. The number of aliphatic hydroxyl groups excluding tert-OH is 1. The number of pyridine rings is 1. The maximum Gasteiger partial charge on any atom is 0.320 e. The van der Waals surface area contributed by atoms with Crippen LogP contribution in [-0.4, -0.2) is 28.8 Å². The Labute approximate surface area is 114 Å². The van der Waals surface area contributed by atoms with Gasteiger partial charge in [-0.1, -0.05) is 13.8 Å². The number of nitrogens with zero attached hydrogens (tertiary/aromatic N) is 1. The molecule has 0 aliphatic rings. The third-order valence-corrected chi connectivity index (χ3v) is 2.65. The number of aliphatic hydroxyl groups is 1. The van der Waals surface area contributed by atoms with Crippen LogP contribution in [0.1, 0.15) is 31.5 Å². The van der Waals surface area contributed by atoms with Crippen molar-refractivity contribution >= 4 is 11.8 Å². The average molecular weight is 265 g/mol. The summed E-state index contributed by atoms with van der Waals surface area (Å²) >= 11 is 0. The van der Waals surface area contributed by atoms with E-state index < -0.39 is 0 Å². The zero-order valence-corrected chi connectivity index (χ0v) is 12.0. The van der Waals surface area contributed by atoms with Crippen molar-refractivity contribution in [1.29, 1.82) is 0 Å². The number of anilines is 1. The molecule has 1 atom stereocenters. The molecule has 1 unspecified atom stereocenters. The third kappa shape index (κ3) is 5.70. The lowest BCUT2D eigenvalue weighted by Gasteiger charge is -2.18. The predicted molar refractivity (Wildman–Crippen MR) is 76.2 cm³/mol. The van der Waals surface area contributed by atoms with Gasteiger partial charge in [0, 0.05) is 5.69 Å². The largest absolute Gasteiger partial charge is 0.394 e. The van der Waals surface area contributed by atoms with E-state index in [9.17, 15) is 9.90 Å². The Morgan fingerprint density at radius 1 is 1.37 bits per heavy atom. The number of amides is 2. The molecular formula is C14H23N3O2. The van der Waals surface area contributed by atoms with Gasteiger partial charge in [-0.3, -0.25) is 5.32 Å². The molecule has 3 N–H and O–H groups in total. The van der Waals surface area contributed by atoms with Crippen molar-refractivity contribution in [2.45, 2.75) is 40.2 Å². The van der Waals surface area contributed by atoms with E-state index >= 15 is 0 Å². The monoisotopic (exact) mass is 265 g/mol. The van der Waals surface area contributed by atoms with Gasteiger partial charge in [0.25, 0.3) is 0 Å². The number of carbonyl (C=O) groups is 1. The summed E-state index contributed by atoms with van der Waals surface area (Å²) in [6.45, 7) is 7.87. The van der Waals surface area contributed by atoms with Crippen molar-refractivity contribution in [3.05, 3.63) is 23.4 Å². The summed E-state index contributed by atoms with van der Waals surface area (Å²) in [5, 5.41) is 14.7. The topological polar surface area (TPSA) is 74.2 Å². The molecule has 0 radical (unpaired) electrons. The lowest BCUT2D eigenvalue weighted by Crippen LogP contribution is -2.41. The minimum Gasteiger partial charge on any atom is -0.394 e. The van der Waals surface area contributed by atoms with E-state index in [0.717, 1.165) is 17.7 Å². The van der Waals surface area contributed by atoms with E-state index in [2.05, 4.69) is 15.6 Å². The van der Waals surface area contributed by atoms with Crippen LogP contribution in [0.2, 0.25) is 0 Å². The SMILES string of the molecule is Cc1cc(C)nc(NC(=O)NC(CO)CC(C)C)c1. The van der Waals surface area contributed by atoms with Crippen molar-refractivity contribution in [3.63, 3.8) is 0 Å². The van der Waals surface area contributed by atoms with E-state index in [-0.39, 0.29) is 18.7 Å². The van der Waals surface area contributed by atoms with Crippen LogP contribution in [0.15, 0.2) is 12.1 Å². The maximum absolute atomic E-state index is 11.8. The molecule has 0 saturated carbocycles. The molecule has 0 aliphatic carbocycles. The summed E-state index contributed by atoms with van der Waals surface area (Å²) < 4.78 is 0.